The Bertz CT molecular complexity index is 68.7. The van der Waals surface area contributed by atoms with E-state index in [1.54, 1.807) is 0 Å². The van der Waals surface area contributed by atoms with E-state index in [0.29, 0.717) is 0 Å². The van der Waals surface area contributed by atoms with Crippen LogP contribution in [0.1, 0.15) is 0 Å². The number of hydrogen-bond donors (Lipinski definition) is 3. The Morgan fingerprint density at radius 2 is 1.80 bits per heavy atom. The van der Waals surface area contributed by atoms with Crippen molar-refractivity contribution in [1.82, 2.24) is 0 Å². The first-order chi connectivity index (χ1) is 4.77. The second kappa shape index (κ2) is 6.98. The van der Waals surface area contributed by atoms with E-state index < -0.39 is 7.32 Å². The molecule has 0 atom stereocenters. The Morgan fingerprint density at radius 1 is 1.10 bits per heavy atom. The van der Waals surface area contributed by atoms with Crippen LogP contribution in [-0.4, -0.2) is 48.9 Å². The van der Waals surface area contributed by atoms with Gasteiger partial charge in [-0.25, -0.2) is 0 Å². The highest BCUT2D eigenvalue weighted by Crippen LogP contribution is 1.78. The van der Waals surface area contributed by atoms with E-state index in [4.69, 9.17) is 19.9 Å². The van der Waals surface area contributed by atoms with Crippen LogP contribution in [-0.2, 0) is 9.39 Å². The molecular formula is C4H11BO5. The summed E-state index contributed by atoms with van der Waals surface area (Å²) in [6.07, 6.45) is 0. The van der Waals surface area contributed by atoms with E-state index in [2.05, 4.69) is 4.65 Å². The fourth-order valence-corrected chi connectivity index (χ4v) is 0.379. The van der Waals surface area contributed by atoms with Crippen molar-refractivity contribution >= 4 is 7.32 Å². The van der Waals surface area contributed by atoms with E-state index in [1.165, 1.54) is 0 Å². The number of hydrogen-bond acceptors (Lipinski definition) is 5. The molecule has 6 heteroatoms. The minimum atomic E-state index is -1.74. The van der Waals surface area contributed by atoms with E-state index in [0.717, 1.165) is 0 Å². The smallest absolute Gasteiger partial charge is 0.402 e. The van der Waals surface area contributed by atoms with Crippen molar-refractivity contribution in [1.29, 1.82) is 0 Å². The molecule has 0 aliphatic heterocycles. The molecule has 0 amide bonds. The molecule has 60 valence electrons. The third-order valence-corrected chi connectivity index (χ3v) is 0.730. The first kappa shape index (κ1) is 9.86. The number of aliphatic hydroxyl groups excluding tert-OH is 1. The molecule has 0 aliphatic carbocycles. The molecule has 0 aromatic rings. The summed E-state index contributed by atoms with van der Waals surface area (Å²) in [5.41, 5.74) is 0. The lowest BCUT2D eigenvalue weighted by atomic mass is 10.3. The minimum absolute atomic E-state index is 0.0400. The largest absolute Gasteiger partial charge is 0.633 e. The van der Waals surface area contributed by atoms with Gasteiger partial charge in [0.15, 0.2) is 0 Å². The van der Waals surface area contributed by atoms with Crippen molar-refractivity contribution in [3.63, 3.8) is 0 Å². The van der Waals surface area contributed by atoms with Crippen molar-refractivity contribution in [2.24, 2.45) is 0 Å². The Morgan fingerprint density at radius 3 is 2.30 bits per heavy atom. The van der Waals surface area contributed by atoms with Crippen LogP contribution in [0.3, 0.4) is 0 Å². The van der Waals surface area contributed by atoms with Crippen LogP contribution in [0.15, 0.2) is 0 Å². The molecule has 0 unspecified atom stereocenters. The maximum Gasteiger partial charge on any atom is 0.633 e. The zero-order valence-corrected chi connectivity index (χ0v) is 5.56. The molecule has 0 saturated carbocycles. The van der Waals surface area contributed by atoms with Crippen LogP contribution < -0.4 is 0 Å². The second-order valence-electron chi connectivity index (χ2n) is 1.53. The molecular weight excluding hydrogens is 139 g/mol. The van der Waals surface area contributed by atoms with Gasteiger partial charge in [0.05, 0.1) is 26.4 Å². The molecule has 0 saturated heterocycles. The summed E-state index contributed by atoms with van der Waals surface area (Å²) in [6, 6.07) is 0. The summed E-state index contributed by atoms with van der Waals surface area (Å²) < 4.78 is 9.03. The molecule has 0 aliphatic rings. The van der Waals surface area contributed by atoms with Gasteiger partial charge in [-0.2, -0.15) is 0 Å². The molecule has 3 N–H and O–H groups in total. The van der Waals surface area contributed by atoms with Crippen molar-refractivity contribution < 1.29 is 24.5 Å². The number of aliphatic hydroxyl groups is 1. The molecule has 0 aromatic carbocycles. The van der Waals surface area contributed by atoms with Gasteiger partial charge >= 0.3 is 7.32 Å². The first-order valence-electron chi connectivity index (χ1n) is 2.93. The van der Waals surface area contributed by atoms with Gasteiger partial charge in [-0.1, -0.05) is 0 Å². The number of rotatable bonds is 6. The molecule has 0 spiro atoms. The van der Waals surface area contributed by atoms with Crippen LogP contribution in [0.25, 0.3) is 0 Å². The fraction of sp³-hybridized carbons (Fsp3) is 1.00. The normalized spacial score (nSPS) is 9.90. The van der Waals surface area contributed by atoms with Gasteiger partial charge in [-0.05, 0) is 0 Å². The van der Waals surface area contributed by atoms with Gasteiger partial charge in [-0.3, -0.25) is 0 Å². The second-order valence-corrected chi connectivity index (χ2v) is 1.53. The maximum atomic E-state index is 8.21. The molecule has 0 heterocycles. The highest BCUT2D eigenvalue weighted by Gasteiger charge is 2.06. The average molecular weight is 150 g/mol. The molecule has 0 radical (unpaired) electrons. The Balaban J connectivity index is 2.77. The lowest BCUT2D eigenvalue weighted by molar-refractivity contribution is 0.0575. The third-order valence-electron chi connectivity index (χ3n) is 0.730. The highest BCUT2D eigenvalue weighted by molar-refractivity contribution is 6.32. The lowest BCUT2D eigenvalue weighted by Crippen LogP contribution is -2.20. The standard InChI is InChI=1S/C4H11BO5/c6-1-2-9-3-4-10-5(7)8/h6-8H,1-4H2. The molecule has 0 rings (SSSR count). The zero-order valence-electron chi connectivity index (χ0n) is 5.56. The Kier molecular flexibility index (Phi) is 6.88. The van der Waals surface area contributed by atoms with Crippen LogP contribution in [0, 0.1) is 0 Å². The van der Waals surface area contributed by atoms with Gasteiger partial charge < -0.3 is 24.5 Å². The summed E-state index contributed by atoms with van der Waals surface area (Å²) in [5, 5.41) is 24.5. The fourth-order valence-electron chi connectivity index (χ4n) is 0.379. The summed E-state index contributed by atoms with van der Waals surface area (Å²) in [5.74, 6) is 0. The molecule has 0 aromatic heterocycles. The van der Waals surface area contributed by atoms with Crippen molar-refractivity contribution in [3.05, 3.63) is 0 Å². The lowest BCUT2D eigenvalue weighted by Gasteiger charge is -2.02. The molecule has 10 heavy (non-hydrogen) atoms. The van der Waals surface area contributed by atoms with Gasteiger partial charge in [-0.15, -0.1) is 0 Å². The predicted octanol–water partition coefficient (Wildman–Crippen LogP) is -2.02. The van der Waals surface area contributed by atoms with E-state index >= 15 is 0 Å². The number of ether oxygens (including phenoxy) is 1. The average Bonchev–Trinajstić information content (AvgIpc) is 1.87. The molecule has 0 fully saturated rings. The third kappa shape index (κ3) is 7.86. The van der Waals surface area contributed by atoms with Gasteiger partial charge in [0, 0.05) is 0 Å². The quantitative estimate of drug-likeness (QED) is 0.301. The van der Waals surface area contributed by atoms with Crippen LogP contribution in [0.5, 0.6) is 0 Å². The highest BCUT2D eigenvalue weighted by atomic mass is 16.6. The van der Waals surface area contributed by atoms with Gasteiger partial charge in [0.1, 0.15) is 0 Å². The topological polar surface area (TPSA) is 79.2 Å². The van der Waals surface area contributed by atoms with E-state index in [9.17, 15) is 0 Å². The Hall–Kier alpha value is -0.135. The van der Waals surface area contributed by atoms with Crippen molar-refractivity contribution in [2.45, 2.75) is 0 Å². The summed E-state index contributed by atoms with van der Waals surface area (Å²) in [7, 11) is -1.74. The van der Waals surface area contributed by atoms with E-state index in [1.807, 2.05) is 0 Å². The molecule has 0 bridgehead atoms. The first-order valence-corrected chi connectivity index (χ1v) is 2.93. The summed E-state index contributed by atoms with van der Waals surface area (Å²) >= 11 is 0. The van der Waals surface area contributed by atoms with Crippen molar-refractivity contribution in [3.8, 4) is 0 Å². The van der Waals surface area contributed by atoms with Crippen LogP contribution in [0.2, 0.25) is 0 Å². The SMILES string of the molecule is OCCOCCOB(O)O. The van der Waals surface area contributed by atoms with Gasteiger partial charge in [0.25, 0.3) is 0 Å². The molecule has 5 nitrogen and oxygen atoms in total. The predicted molar refractivity (Wildman–Crippen MR) is 34.0 cm³/mol. The van der Waals surface area contributed by atoms with Crippen molar-refractivity contribution in [2.75, 3.05) is 26.4 Å². The van der Waals surface area contributed by atoms with Crippen LogP contribution >= 0.6 is 0 Å². The maximum absolute atomic E-state index is 8.21. The summed E-state index contributed by atoms with van der Waals surface area (Å²) in [6.45, 7) is 0.558. The van der Waals surface area contributed by atoms with Crippen LogP contribution in [0.4, 0.5) is 0 Å². The monoisotopic (exact) mass is 150 g/mol. The zero-order chi connectivity index (χ0) is 7.82. The van der Waals surface area contributed by atoms with E-state index in [-0.39, 0.29) is 26.4 Å². The summed E-state index contributed by atoms with van der Waals surface area (Å²) in [4.78, 5) is 0. The van der Waals surface area contributed by atoms with Gasteiger partial charge in [0.2, 0.25) is 0 Å². The Labute approximate surface area is 59.4 Å². The minimum Gasteiger partial charge on any atom is -0.402 e.